The van der Waals surface area contributed by atoms with Crippen molar-refractivity contribution in [3.63, 3.8) is 0 Å². The largest absolute Gasteiger partial charge is 0.760 e. The molecule has 0 aromatic rings. The molecule has 18 heavy (non-hydrogen) atoms. The average molecular weight is 284 g/mol. The summed E-state index contributed by atoms with van der Waals surface area (Å²) in [7, 11) is 2.92. The number of ether oxygens (including phenoxy) is 2. The monoisotopic (exact) mass is 284 g/mol. The lowest BCUT2D eigenvalue weighted by atomic mass is 10.2. The fraction of sp³-hybridized carbons (Fsp3) is 0.875. The van der Waals surface area contributed by atoms with Gasteiger partial charge in [0.2, 0.25) is 6.40 Å². The molecule has 10 heteroatoms. The molecular formula is C8H18N3O6S-. The van der Waals surface area contributed by atoms with E-state index in [2.05, 4.69) is 9.99 Å². The van der Waals surface area contributed by atoms with Gasteiger partial charge in [-0.3, -0.25) is 9.94 Å². The highest BCUT2D eigenvalue weighted by molar-refractivity contribution is 7.76. The molecule has 3 N–H and O–H groups in total. The topological polar surface area (TPSA) is 130 Å². The number of nitrogens with zero attached hydrogens (tertiary/aromatic N) is 2. The Balaban J connectivity index is 3.74. The molecule has 0 aliphatic carbocycles. The van der Waals surface area contributed by atoms with Gasteiger partial charge in [-0.2, -0.15) is 0 Å². The lowest BCUT2D eigenvalue weighted by Gasteiger charge is -2.24. The summed E-state index contributed by atoms with van der Waals surface area (Å²) in [5, 5.41) is 11.7. The third-order valence-corrected chi connectivity index (χ3v) is 2.55. The van der Waals surface area contributed by atoms with Gasteiger partial charge in [0.05, 0.1) is 12.7 Å². The van der Waals surface area contributed by atoms with Crippen molar-refractivity contribution in [2.24, 2.45) is 10.9 Å². The Labute approximate surface area is 108 Å². The van der Waals surface area contributed by atoms with Crippen LogP contribution in [0.25, 0.3) is 0 Å². The number of aliphatic hydroxyl groups is 1. The van der Waals surface area contributed by atoms with E-state index >= 15 is 0 Å². The fourth-order valence-corrected chi connectivity index (χ4v) is 1.29. The van der Waals surface area contributed by atoms with Crippen LogP contribution in [0, 0.1) is 0 Å². The van der Waals surface area contributed by atoms with E-state index in [1.807, 2.05) is 0 Å². The summed E-state index contributed by atoms with van der Waals surface area (Å²) in [6.07, 6.45) is -0.326. The molecule has 0 rings (SSSR count). The maximum absolute atomic E-state index is 10.6. The van der Waals surface area contributed by atoms with Crippen molar-refractivity contribution in [1.82, 2.24) is 4.31 Å². The number of likely N-dealkylation sites (N-methyl/N-ethyl adjacent to an activating group) is 1. The molecule has 0 aromatic carbocycles. The lowest BCUT2D eigenvalue weighted by molar-refractivity contribution is -0.0940. The molecule has 0 fully saturated rings. The maximum Gasteiger partial charge on any atom is 0.279 e. The molecule has 0 amide bonds. The first-order valence-electron chi connectivity index (χ1n) is 5.03. The Morgan fingerprint density at radius 2 is 2.33 bits per heavy atom. The summed E-state index contributed by atoms with van der Waals surface area (Å²) in [6, 6.07) is 0. The van der Waals surface area contributed by atoms with E-state index < -0.39 is 17.7 Å². The van der Waals surface area contributed by atoms with Gasteiger partial charge in [-0.25, -0.2) is 4.31 Å². The van der Waals surface area contributed by atoms with Crippen LogP contribution in [0.3, 0.4) is 0 Å². The molecule has 0 aliphatic heterocycles. The van der Waals surface area contributed by atoms with Crippen LogP contribution in [-0.4, -0.2) is 64.4 Å². The second-order valence-corrected chi connectivity index (χ2v) is 4.31. The van der Waals surface area contributed by atoms with Crippen molar-refractivity contribution in [3.05, 3.63) is 0 Å². The van der Waals surface area contributed by atoms with Crippen LogP contribution in [0.2, 0.25) is 0 Å². The van der Waals surface area contributed by atoms with E-state index in [9.17, 15) is 8.76 Å². The van der Waals surface area contributed by atoms with E-state index in [0.29, 0.717) is 6.42 Å². The Morgan fingerprint density at radius 3 is 2.83 bits per heavy atom. The predicted molar refractivity (Wildman–Crippen MR) is 62.7 cm³/mol. The first-order chi connectivity index (χ1) is 8.47. The van der Waals surface area contributed by atoms with Crippen molar-refractivity contribution in [2.75, 3.05) is 27.3 Å². The SMILES string of the molecule is CO[C@@H](CCO/C=N/OC(N)O)CN(C)S(=O)[O-]. The molecule has 0 heterocycles. The number of hydrogen-bond donors (Lipinski definition) is 2. The second kappa shape index (κ2) is 10.2. The van der Waals surface area contributed by atoms with Crippen LogP contribution >= 0.6 is 0 Å². The van der Waals surface area contributed by atoms with Crippen LogP contribution in [-0.2, 0) is 25.6 Å². The van der Waals surface area contributed by atoms with E-state index in [1.165, 1.54) is 14.2 Å². The summed E-state index contributed by atoms with van der Waals surface area (Å²) in [5.74, 6) is 0. The fourth-order valence-electron chi connectivity index (χ4n) is 1.00. The number of rotatable bonds is 10. The minimum Gasteiger partial charge on any atom is -0.760 e. The molecular weight excluding hydrogens is 266 g/mol. The maximum atomic E-state index is 10.6. The van der Waals surface area contributed by atoms with Gasteiger partial charge in [-0.15, -0.1) is 0 Å². The van der Waals surface area contributed by atoms with Gasteiger partial charge < -0.3 is 24.0 Å². The van der Waals surface area contributed by atoms with Gasteiger partial charge >= 0.3 is 0 Å². The molecule has 0 aliphatic rings. The second-order valence-electron chi connectivity index (χ2n) is 3.25. The summed E-state index contributed by atoms with van der Waals surface area (Å²) in [4.78, 5) is 4.23. The van der Waals surface area contributed by atoms with E-state index in [4.69, 9.17) is 20.3 Å². The molecule has 108 valence electrons. The first kappa shape index (κ1) is 17.2. The van der Waals surface area contributed by atoms with E-state index in [0.717, 1.165) is 10.7 Å². The third-order valence-electron chi connectivity index (χ3n) is 1.89. The van der Waals surface area contributed by atoms with Crippen LogP contribution in [0.15, 0.2) is 5.16 Å². The standard InChI is InChI=1S/C8H19N3O6S/c1-11(18(13)14)5-7(15-2)3-4-16-6-10-17-8(9)12/h6-8,12H,3-5,9H2,1-2H3,(H,13,14)/p-1/b10-6+/t7-,8?/m0/s1. The van der Waals surface area contributed by atoms with Crippen LogP contribution in [0.1, 0.15) is 6.42 Å². The van der Waals surface area contributed by atoms with Crippen LogP contribution in [0.5, 0.6) is 0 Å². The minimum absolute atomic E-state index is 0.227. The normalized spacial score (nSPS) is 16.8. The zero-order chi connectivity index (χ0) is 14.0. The van der Waals surface area contributed by atoms with Crippen molar-refractivity contribution in [3.8, 4) is 0 Å². The van der Waals surface area contributed by atoms with Gasteiger partial charge in [0, 0.05) is 31.3 Å². The Bertz CT molecular complexity index is 265. The van der Waals surface area contributed by atoms with Crippen LogP contribution < -0.4 is 5.73 Å². The lowest BCUT2D eigenvalue weighted by Crippen LogP contribution is -2.32. The van der Waals surface area contributed by atoms with E-state index in [1.54, 1.807) is 0 Å². The van der Waals surface area contributed by atoms with Crippen molar-refractivity contribution < 1.29 is 28.2 Å². The quantitative estimate of drug-likeness (QED) is 0.122. The van der Waals surface area contributed by atoms with Gasteiger partial charge in [-0.05, 0) is 7.05 Å². The summed E-state index contributed by atoms with van der Waals surface area (Å²) >= 11 is -2.27. The molecule has 0 bridgehead atoms. The molecule has 2 unspecified atom stereocenters. The molecule has 0 spiro atoms. The molecule has 0 aromatic heterocycles. The zero-order valence-electron chi connectivity index (χ0n) is 10.2. The number of nitrogens with two attached hydrogens (primary N) is 1. The number of hydrogen-bond acceptors (Lipinski definition) is 8. The van der Waals surface area contributed by atoms with Crippen molar-refractivity contribution in [2.45, 2.75) is 18.9 Å². The van der Waals surface area contributed by atoms with Crippen molar-refractivity contribution >= 4 is 17.7 Å². The van der Waals surface area contributed by atoms with Gasteiger partial charge in [-0.1, -0.05) is 5.16 Å². The Kier molecular flexibility index (Phi) is 9.73. The van der Waals surface area contributed by atoms with E-state index in [-0.39, 0.29) is 19.3 Å². The van der Waals surface area contributed by atoms with Crippen molar-refractivity contribution in [1.29, 1.82) is 0 Å². The highest BCUT2D eigenvalue weighted by Gasteiger charge is 2.11. The van der Waals surface area contributed by atoms with Gasteiger partial charge in [0.15, 0.2) is 0 Å². The average Bonchev–Trinajstić information content (AvgIpc) is 2.31. The number of oxime groups is 1. The van der Waals surface area contributed by atoms with Gasteiger partial charge in [0.1, 0.15) is 0 Å². The Morgan fingerprint density at radius 1 is 1.67 bits per heavy atom. The smallest absolute Gasteiger partial charge is 0.279 e. The number of aliphatic hydroxyl groups excluding tert-OH is 1. The Hall–Kier alpha value is -0.780. The highest BCUT2D eigenvalue weighted by Crippen LogP contribution is 2.01. The summed E-state index contributed by atoms with van der Waals surface area (Å²) in [6.45, 7) is 0.483. The number of methoxy groups -OCH3 is 1. The minimum atomic E-state index is -2.27. The molecule has 0 saturated heterocycles. The first-order valence-corrected chi connectivity index (χ1v) is 6.06. The molecule has 0 saturated carbocycles. The van der Waals surface area contributed by atoms with Gasteiger partial charge in [0.25, 0.3) is 6.41 Å². The summed E-state index contributed by atoms with van der Waals surface area (Å²) in [5.41, 5.74) is 4.84. The third kappa shape index (κ3) is 9.27. The highest BCUT2D eigenvalue weighted by atomic mass is 32.2. The zero-order valence-corrected chi connectivity index (χ0v) is 11.0. The summed E-state index contributed by atoms with van der Waals surface area (Å²) < 4.78 is 32.3. The predicted octanol–water partition coefficient (Wildman–Crippen LogP) is -1.67. The molecule has 9 nitrogen and oxygen atoms in total. The van der Waals surface area contributed by atoms with Crippen LogP contribution in [0.4, 0.5) is 0 Å². The molecule has 3 atom stereocenters. The molecule has 0 radical (unpaired) electrons.